The first-order valence-corrected chi connectivity index (χ1v) is 6.52. The Morgan fingerprint density at radius 1 is 1.21 bits per heavy atom. The lowest BCUT2D eigenvalue weighted by Crippen LogP contribution is -2.15. The Kier molecular flexibility index (Phi) is 3.51. The smallest absolute Gasteiger partial charge is 0.267 e. The summed E-state index contributed by atoms with van der Waals surface area (Å²) in [6.07, 6.45) is 2.40. The molecule has 0 aliphatic carbocycles. The number of nitrogens with zero attached hydrogens (tertiary/aromatic N) is 3. The molecule has 0 saturated carbocycles. The van der Waals surface area contributed by atoms with Crippen molar-refractivity contribution in [2.45, 2.75) is 4.90 Å². The minimum Gasteiger partial charge on any atom is -0.481 e. The van der Waals surface area contributed by atoms with Crippen LogP contribution in [0.5, 0.6) is 11.8 Å². The average Bonchev–Trinajstić information content (AvgIpc) is 2.92. The van der Waals surface area contributed by atoms with E-state index in [1.54, 1.807) is 0 Å². The first-order valence-electron chi connectivity index (χ1n) is 5.04. The Bertz CT molecular complexity index is 633. The monoisotopic (exact) mass is 285 g/mol. The summed E-state index contributed by atoms with van der Waals surface area (Å²) in [4.78, 5) is 7.69. The van der Waals surface area contributed by atoms with Gasteiger partial charge in [0.2, 0.25) is 17.7 Å². The zero-order valence-corrected chi connectivity index (χ0v) is 10.9. The fourth-order valence-electron chi connectivity index (χ4n) is 1.22. The van der Waals surface area contributed by atoms with Gasteiger partial charge in [-0.05, 0) is 0 Å². The number of sulfonamides is 1. The Hall–Kier alpha value is -2.36. The van der Waals surface area contributed by atoms with E-state index in [2.05, 4.69) is 24.9 Å². The van der Waals surface area contributed by atoms with E-state index < -0.39 is 10.0 Å². The van der Waals surface area contributed by atoms with Crippen molar-refractivity contribution >= 4 is 16.0 Å². The summed E-state index contributed by atoms with van der Waals surface area (Å²) in [5.74, 6) is 0.200. The summed E-state index contributed by atoms with van der Waals surface area (Å²) < 4.78 is 35.9. The van der Waals surface area contributed by atoms with Crippen LogP contribution in [-0.2, 0) is 10.0 Å². The molecule has 9 nitrogen and oxygen atoms in total. The molecule has 2 aromatic rings. The largest absolute Gasteiger partial charge is 0.481 e. The molecule has 2 heterocycles. The van der Waals surface area contributed by atoms with Crippen LogP contribution in [0.2, 0.25) is 0 Å². The Balaban J connectivity index is 2.33. The normalized spacial score (nSPS) is 11.1. The summed E-state index contributed by atoms with van der Waals surface area (Å²) >= 11 is 0. The van der Waals surface area contributed by atoms with Crippen LogP contribution in [-0.4, -0.2) is 42.8 Å². The van der Waals surface area contributed by atoms with Crippen LogP contribution in [0.3, 0.4) is 0 Å². The van der Waals surface area contributed by atoms with Gasteiger partial charge in [-0.15, -0.1) is 0 Å². The van der Waals surface area contributed by atoms with Crippen LogP contribution in [0.15, 0.2) is 23.4 Å². The van der Waals surface area contributed by atoms with Gasteiger partial charge in [0.1, 0.15) is 4.90 Å². The number of rotatable bonds is 5. The predicted molar refractivity (Wildman–Crippen MR) is 64.5 cm³/mol. The minimum absolute atomic E-state index is 0.0297. The fourth-order valence-corrected chi connectivity index (χ4v) is 2.07. The Labute approximate surface area is 109 Å². The van der Waals surface area contributed by atoms with Gasteiger partial charge in [0.05, 0.1) is 26.5 Å². The Morgan fingerprint density at radius 2 is 1.84 bits per heavy atom. The molecule has 2 rings (SSSR count). The standard InChI is InChI=1S/C9H11N5O4S/c1-17-7-3-8(18-2)13-9(12-7)14-19(15,16)6-4-10-11-5-6/h3-5H,1-2H3,(H,10,11)(H,12,13,14). The second-order valence-electron chi connectivity index (χ2n) is 3.32. The lowest BCUT2D eigenvalue weighted by atomic mass is 10.6. The summed E-state index contributed by atoms with van der Waals surface area (Å²) in [7, 11) is -1.00. The number of anilines is 1. The number of ether oxygens (including phenoxy) is 2. The highest BCUT2D eigenvalue weighted by Gasteiger charge is 2.18. The molecule has 10 heteroatoms. The lowest BCUT2D eigenvalue weighted by Gasteiger charge is -2.07. The second-order valence-corrected chi connectivity index (χ2v) is 5.00. The van der Waals surface area contributed by atoms with E-state index in [4.69, 9.17) is 9.47 Å². The van der Waals surface area contributed by atoms with Gasteiger partial charge in [0, 0.05) is 6.20 Å². The van der Waals surface area contributed by atoms with Crippen molar-refractivity contribution < 1.29 is 17.9 Å². The van der Waals surface area contributed by atoms with Crippen LogP contribution < -0.4 is 14.2 Å². The highest BCUT2D eigenvalue weighted by atomic mass is 32.2. The van der Waals surface area contributed by atoms with Crippen LogP contribution >= 0.6 is 0 Å². The number of methoxy groups -OCH3 is 2. The first-order chi connectivity index (χ1) is 9.05. The molecule has 19 heavy (non-hydrogen) atoms. The summed E-state index contributed by atoms with van der Waals surface area (Å²) in [6.45, 7) is 0. The molecule has 102 valence electrons. The van der Waals surface area contributed by atoms with Crippen molar-refractivity contribution in [3.8, 4) is 11.8 Å². The van der Waals surface area contributed by atoms with E-state index in [0.717, 1.165) is 0 Å². The molecule has 0 bridgehead atoms. The Morgan fingerprint density at radius 3 is 2.32 bits per heavy atom. The van der Waals surface area contributed by atoms with E-state index in [1.165, 1.54) is 32.7 Å². The molecule has 0 aliphatic rings. The maximum atomic E-state index is 11.9. The zero-order valence-electron chi connectivity index (χ0n) is 10.1. The molecule has 0 fully saturated rings. The molecule has 0 aromatic carbocycles. The maximum Gasteiger partial charge on any atom is 0.267 e. The van der Waals surface area contributed by atoms with Crippen LogP contribution in [0.25, 0.3) is 0 Å². The van der Waals surface area contributed by atoms with Gasteiger partial charge in [-0.1, -0.05) is 0 Å². The summed E-state index contributed by atoms with van der Waals surface area (Å²) in [5, 5.41) is 5.97. The first kappa shape index (κ1) is 13.1. The van der Waals surface area contributed by atoms with Crippen molar-refractivity contribution in [1.82, 2.24) is 20.2 Å². The third-order valence-corrected chi connectivity index (χ3v) is 3.40. The van der Waals surface area contributed by atoms with Crippen molar-refractivity contribution in [2.75, 3.05) is 18.9 Å². The van der Waals surface area contributed by atoms with Gasteiger partial charge in [0.15, 0.2) is 0 Å². The highest BCUT2D eigenvalue weighted by Crippen LogP contribution is 2.19. The molecular weight excluding hydrogens is 274 g/mol. The molecule has 2 N–H and O–H groups in total. The van der Waals surface area contributed by atoms with Crippen LogP contribution in [0.4, 0.5) is 5.95 Å². The molecule has 0 atom stereocenters. The molecule has 2 aromatic heterocycles. The minimum atomic E-state index is -3.80. The van der Waals surface area contributed by atoms with Crippen molar-refractivity contribution in [3.05, 3.63) is 18.5 Å². The summed E-state index contributed by atoms with van der Waals surface area (Å²) in [5.41, 5.74) is 0. The SMILES string of the molecule is COc1cc(OC)nc(NS(=O)(=O)c2cn[nH]c2)n1. The highest BCUT2D eigenvalue weighted by molar-refractivity contribution is 7.92. The predicted octanol–water partition coefficient (Wildman–Crippen LogP) is 0.0177. The van der Waals surface area contributed by atoms with Gasteiger partial charge in [0.25, 0.3) is 10.0 Å². The number of aromatic nitrogens is 4. The summed E-state index contributed by atoms with van der Waals surface area (Å²) in [6, 6.07) is 1.43. The van der Waals surface area contributed by atoms with Gasteiger partial charge < -0.3 is 9.47 Å². The molecule has 0 unspecified atom stereocenters. The van der Waals surface area contributed by atoms with E-state index >= 15 is 0 Å². The fraction of sp³-hybridized carbons (Fsp3) is 0.222. The van der Waals surface area contributed by atoms with E-state index in [-0.39, 0.29) is 22.6 Å². The molecule has 0 spiro atoms. The number of nitrogens with one attached hydrogen (secondary N) is 2. The average molecular weight is 285 g/mol. The molecular formula is C9H11N5O4S. The van der Waals surface area contributed by atoms with E-state index in [9.17, 15) is 8.42 Å². The molecule has 0 radical (unpaired) electrons. The van der Waals surface area contributed by atoms with Crippen molar-refractivity contribution in [1.29, 1.82) is 0 Å². The van der Waals surface area contributed by atoms with Crippen molar-refractivity contribution in [3.63, 3.8) is 0 Å². The van der Waals surface area contributed by atoms with Crippen molar-refractivity contribution in [2.24, 2.45) is 0 Å². The number of aromatic amines is 1. The number of hydrogen-bond donors (Lipinski definition) is 2. The topological polar surface area (TPSA) is 119 Å². The second kappa shape index (κ2) is 5.10. The third-order valence-electron chi connectivity index (χ3n) is 2.11. The zero-order chi connectivity index (χ0) is 13.9. The number of H-pyrrole nitrogens is 1. The molecule has 0 aliphatic heterocycles. The van der Waals surface area contributed by atoms with E-state index in [1.807, 2.05) is 0 Å². The maximum absolute atomic E-state index is 11.9. The van der Waals surface area contributed by atoms with Gasteiger partial charge in [-0.25, -0.2) is 13.1 Å². The van der Waals surface area contributed by atoms with Gasteiger partial charge >= 0.3 is 0 Å². The van der Waals surface area contributed by atoms with E-state index in [0.29, 0.717) is 0 Å². The third kappa shape index (κ3) is 2.91. The number of hydrogen-bond acceptors (Lipinski definition) is 7. The molecule has 0 saturated heterocycles. The van der Waals surface area contributed by atoms with Crippen LogP contribution in [0, 0.1) is 0 Å². The van der Waals surface area contributed by atoms with Gasteiger partial charge in [-0.3, -0.25) is 5.10 Å². The van der Waals surface area contributed by atoms with Crippen LogP contribution in [0.1, 0.15) is 0 Å². The van der Waals surface area contributed by atoms with Gasteiger partial charge in [-0.2, -0.15) is 15.1 Å². The quantitative estimate of drug-likeness (QED) is 0.794. The lowest BCUT2D eigenvalue weighted by molar-refractivity contribution is 0.373. The molecule has 0 amide bonds.